The first kappa shape index (κ1) is 16.5. The Morgan fingerprint density at radius 2 is 1.75 bits per heavy atom. The molecule has 0 saturated heterocycles. The van der Waals surface area contributed by atoms with E-state index in [1.807, 2.05) is 19.0 Å². The number of nitrogens with two attached hydrogens (primary N) is 1. The second-order valence-electron chi connectivity index (χ2n) is 5.52. The van der Waals surface area contributed by atoms with E-state index in [2.05, 4.69) is 9.97 Å². The van der Waals surface area contributed by atoms with E-state index in [1.54, 1.807) is 30.6 Å². The average molecular weight is 361 g/mol. The summed E-state index contributed by atoms with van der Waals surface area (Å²) < 4.78 is 0. The number of amides is 1. The van der Waals surface area contributed by atoms with Crippen LogP contribution in [0, 0.1) is 0 Å². The van der Waals surface area contributed by atoms with Crippen molar-refractivity contribution in [1.82, 2.24) is 9.97 Å². The fourth-order valence-electron chi connectivity index (χ4n) is 2.68. The van der Waals surface area contributed by atoms with Gasteiger partial charge in [0.2, 0.25) is 0 Å². The zero-order valence-corrected chi connectivity index (χ0v) is 14.6. The number of carbonyl (C=O) groups is 1. The largest absolute Gasteiger partial charge is 0.376 e. The second kappa shape index (κ2) is 6.26. The summed E-state index contributed by atoms with van der Waals surface area (Å²) in [4.78, 5) is 22.2. The fourth-order valence-corrected chi connectivity index (χ4v) is 3.21. The van der Waals surface area contributed by atoms with E-state index >= 15 is 0 Å². The monoisotopic (exact) mass is 360 g/mol. The van der Waals surface area contributed by atoms with Gasteiger partial charge in [0, 0.05) is 53.7 Å². The Kier molecular flexibility index (Phi) is 4.30. The Labute approximate surface area is 149 Å². The van der Waals surface area contributed by atoms with Gasteiger partial charge in [0.25, 0.3) is 5.91 Å². The van der Waals surface area contributed by atoms with Gasteiger partial charge in [-0.2, -0.15) is 0 Å². The highest BCUT2D eigenvalue weighted by molar-refractivity contribution is 6.35. The van der Waals surface area contributed by atoms with Crippen LogP contribution in [0.5, 0.6) is 0 Å². The molecule has 0 atom stereocenters. The van der Waals surface area contributed by atoms with Gasteiger partial charge in [0.1, 0.15) is 0 Å². The summed E-state index contributed by atoms with van der Waals surface area (Å²) in [6.45, 7) is 0. The fraction of sp³-hybridized carbons (Fsp3) is 0.118. The molecule has 5 nitrogen and oxygen atoms in total. The van der Waals surface area contributed by atoms with Crippen molar-refractivity contribution in [2.45, 2.75) is 0 Å². The predicted octanol–water partition coefficient (Wildman–Crippen LogP) is 3.77. The smallest absolute Gasteiger partial charge is 0.252 e. The van der Waals surface area contributed by atoms with Crippen molar-refractivity contribution in [2.24, 2.45) is 5.73 Å². The van der Waals surface area contributed by atoms with E-state index in [4.69, 9.17) is 28.9 Å². The zero-order valence-electron chi connectivity index (χ0n) is 13.0. The van der Waals surface area contributed by atoms with E-state index in [0.29, 0.717) is 26.8 Å². The molecule has 0 spiro atoms. The normalized spacial score (nSPS) is 10.8. The number of aromatic nitrogens is 2. The Morgan fingerprint density at radius 3 is 2.33 bits per heavy atom. The molecule has 122 valence electrons. The number of anilines is 1. The molecule has 2 aromatic heterocycles. The van der Waals surface area contributed by atoms with Gasteiger partial charge in [-0.3, -0.25) is 14.8 Å². The minimum atomic E-state index is -0.538. The summed E-state index contributed by atoms with van der Waals surface area (Å²) in [5.74, 6) is -0.538. The van der Waals surface area contributed by atoms with E-state index in [-0.39, 0.29) is 0 Å². The Bertz CT molecular complexity index is 936. The van der Waals surface area contributed by atoms with E-state index in [9.17, 15) is 4.79 Å². The lowest BCUT2D eigenvalue weighted by atomic mass is 10.0. The molecule has 1 aromatic carbocycles. The molecule has 0 aliphatic carbocycles. The maximum absolute atomic E-state index is 11.7. The van der Waals surface area contributed by atoms with Crippen molar-refractivity contribution in [1.29, 1.82) is 0 Å². The van der Waals surface area contributed by atoms with Crippen molar-refractivity contribution in [3.8, 4) is 11.1 Å². The molecule has 0 bridgehead atoms. The number of hydrogen-bond donors (Lipinski definition) is 1. The van der Waals surface area contributed by atoms with Crippen LogP contribution in [0.1, 0.15) is 10.4 Å². The summed E-state index contributed by atoms with van der Waals surface area (Å²) in [6.07, 6.45) is 4.84. The third kappa shape index (κ3) is 2.88. The van der Waals surface area contributed by atoms with Crippen LogP contribution in [0.15, 0.2) is 36.8 Å². The molecule has 3 aromatic rings. The lowest BCUT2D eigenvalue weighted by Gasteiger charge is -2.19. The van der Waals surface area contributed by atoms with Crippen LogP contribution in [-0.4, -0.2) is 30.0 Å². The number of fused-ring (bicyclic) bond motifs is 1. The van der Waals surface area contributed by atoms with Crippen LogP contribution in [-0.2, 0) is 0 Å². The van der Waals surface area contributed by atoms with Crippen LogP contribution in [0.3, 0.4) is 0 Å². The first-order valence-corrected chi connectivity index (χ1v) is 7.84. The molecule has 7 heteroatoms. The van der Waals surface area contributed by atoms with Crippen LogP contribution < -0.4 is 10.6 Å². The summed E-state index contributed by atoms with van der Waals surface area (Å²) in [5.41, 5.74) is 8.76. The molecule has 2 N–H and O–H groups in total. The summed E-state index contributed by atoms with van der Waals surface area (Å²) in [6, 6.07) is 5.25. The number of carbonyl (C=O) groups excluding carboxylic acids is 1. The van der Waals surface area contributed by atoms with Crippen molar-refractivity contribution in [3.63, 3.8) is 0 Å². The van der Waals surface area contributed by atoms with Gasteiger partial charge in [-0.05, 0) is 23.8 Å². The first-order chi connectivity index (χ1) is 11.4. The lowest BCUT2D eigenvalue weighted by molar-refractivity contribution is 0.100. The van der Waals surface area contributed by atoms with Crippen molar-refractivity contribution >= 4 is 45.7 Å². The summed E-state index contributed by atoms with van der Waals surface area (Å²) in [5, 5.41) is 1.78. The topological polar surface area (TPSA) is 72.1 Å². The third-order valence-electron chi connectivity index (χ3n) is 3.64. The summed E-state index contributed by atoms with van der Waals surface area (Å²) in [7, 11) is 3.67. The van der Waals surface area contributed by atoms with Crippen LogP contribution in [0.2, 0.25) is 10.0 Å². The number of halogens is 2. The molecule has 0 radical (unpaired) electrons. The van der Waals surface area contributed by atoms with Crippen molar-refractivity contribution < 1.29 is 4.79 Å². The number of hydrogen-bond acceptors (Lipinski definition) is 4. The van der Waals surface area contributed by atoms with Crippen molar-refractivity contribution in [3.05, 3.63) is 52.4 Å². The predicted molar refractivity (Wildman–Crippen MR) is 97.8 cm³/mol. The van der Waals surface area contributed by atoms with Gasteiger partial charge in [0.15, 0.2) is 0 Å². The molecule has 1 amide bonds. The highest BCUT2D eigenvalue weighted by Gasteiger charge is 2.17. The molecular weight excluding hydrogens is 347 g/mol. The third-order valence-corrected chi connectivity index (χ3v) is 4.07. The Morgan fingerprint density at radius 1 is 1.08 bits per heavy atom. The van der Waals surface area contributed by atoms with E-state index < -0.39 is 5.91 Å². The molecule has 0 unspecified atom stereocenters. The van der Waals surface area contributed by atoms with Gasteiger partial charge in [-0.1, -0.05) is 23.2 Å². The van der Waals surface area contributed by atoms with Gasteiger partial charge in [-0.25, -0.2) is 0 Å². The van der Waals surface area contributed by atoms with Crippen molar-refractivity contribution in [2.75, 3.05) is 19.0 Å². The SMILES string of the molecule is CN(C)c1c(C(N)=O)cnc2c(-c3cc(Cl)cc(Cl)c3)cncc12. The molecule has 0 fully saturated rings. The van der Waals surface area contributed by atoms with Gasteiger partial charge in [-0.15, -0.1) is 0 Å². The van der Waals surface area contributed by atoms with Crippen LogP contribution >= 0.6 is 23.2 Å². The molecule has 0 aliphatic rings. The van der Waals surface area contributed by atoms with Crippen LogP contribution in [0.25, 0.3) is 22.0 Å². The zero-order chi connectivity index (χ0) is 17.4. The maximum Gasteiger partial charge on any atom is 0.252 e. The number of pyridine rings is 2. The average Bonchev–Trinajstić information content (AvgIpc) is 2.51. The molecule has 0 saturated carbocycles. The first-order valence-electron chi connectivity index (χ1n) is 7.09. The molecule has 3 rings (SSSR count). The quantitative estimate of drug-likeness (QED) is 0.771. The molecular formula is C17H14Cl2N4O. The lowest BCUT2D eigenvalue weighted by Crippen LogP contribution is -2.19. The second-order valence-corrected chi connectivity index (χ2v) is 6.39. The number of nitrogens with zero attached hydrogens (tertiary/aromatic N) is 3. The van der Waals surface area contributed by atoms with Crippen LogP contribution in [0.4, 0.5) is 5.69 Å². The van der Waals surface area contributed by atoms with E-state index in [0.717, 1.165) is 16.5 Å². The van der Waals surface area contributed by atoms with Gasteiger partial charge >= 0.3 is 0 Å². The molecule has 0 aliphatic heterocycles. The maximum atomic E-state index is 11.7. The number of primary amides is 1. The Hall–Kier alpha value is -2.37. The molecule has 2 heterocycles. The van der Waals surface area contributed by atoms with E-state index in [1.165, 1.54) is 6.20 Å². The van der Waals surface area contributed by atoms with Gasteiger partial charge in [0.05, 0.1) is 16.8 Å². The Balaban J connectivity index is 2.36. The number of rotatable bonds is 3. The highest BCUT2D eigenvalue weighted by Crippen LogP contribution is 2.35. The minimum absolute atomic E-state index is 0.343. The van der Waals surface area contributed by atoms with Gasteiger partial charge < -0.3 is 10.6 Å². The minimum Gasteiger partial charge on any atom is -0.376 e. The summed E-state index contributed by atoms with van der Waals surface area (Å²) >= 11 is 12.2. The standard InChI is InChI=1S/C17H14Cl2N4O/c1-23(2)16-13-7-21-6-12(9-3-10(18)5-11(19)4-9)15(13)22-8-14(16)17(20)24/h3-8H,1-2H3,(H2,20,24). The highest BCUT2D eigenvalue weighted by atomic mass is 35.5. The molecule has 24 heavy (non-hydrogen) atoms. The number of benzene rings is 1.